The lowest BCUT2D eigenvalue weighted by Gasteiger charge is -2.61. The molecule has 58 heavy (non-hydrogen) atoms. The summed E-state index contributed by atoms with van der Waals surface area (Å²) in [5, 5.41) is 2.73. The fourth-order valence-corrected chi connectivity index (χ4v) is 18.0. The van der Waals surface area contributed by atoms with Gasteiger partial charge in [0.25, 0.3) is 0 Å². The van der Waals surface area contributed by atoms with Crippen LogP contribution in [0, 0.1) is 47.3 Å². The Balaban J connectivity index is 0.941. The molecule has 1 aromatic heterocycles. The third-order valence-electron chi connectivity index (χ3n) is 18.2. The molecule has 284 valence electrons. The van der Waals surface area contributed by atoms with E-state index in [2.05, 4.69) is 132 Å². The second kappa shape index (κ2) is 11.1. The van der Waals surface area contributed by atoms with Crippen LogP contribution in [-0.4, -0.2) is 0 Å². The van der Waals surface area contributed by atoms with Gasteiger partial charge in [-0.1, -0.05) is 84.9 Å². The maximum Gasteiger partial charge on any atom is 0.0476 e. The van der Waals surface area contributed by atoms with Crippen LogP contribution in [0.15, 0.2) is 127 Å². The Hall–Kier alpha value is -4.66. The monoisotopic (exact) mass is 767 g/mol. The number of hydrogen-bond donors (Lipinski definition) is 0. The molecule has 0 atom stereocenters. The van der Waals surface area contributed by atoms with E-state index in [0.29, 0.717) is 0 Å². The smallest absolute Gasteiger partial charge is 0.0476 e. The molecule has 0 unspecified atom stereocenters. The second-order valence-electron chi connectivity index (χ2n) is 20.5. The third-order valence-corrected chi connectivity index (χ3v) is 19.3. The van der Waals surface area contributed by atoms with Gasteiger partial charge in [-0.25, -0.2) is 0 Å². The molecule has 17 rings (SSSR count). The second-order valence-corrected chi connectivity index (χ2v) is 21.6. The standard InChI is InChI=1S/C56H49NS/c1-4-10-49-43(7-1)47-29-40(14-17-51(47)55(49)36-21-32-19-33(23-36)24-37(55)22-32)57(42-13-16-46-45-9-3-6-12-53(45)58-54(46)31-42)41-15-18-52-48(30-41)44-8-2-5-11-50(44)56(52)38-25-34-20-35(27-38)28-39(56)26-34/h1-18,29-39H,19-28H2. The lowest BCUT2D eigenvalue weighted by atomic mass is 9.43. The van der Waals surface area contributed by atoms with Crippen LogP contribution < -0.4 is 4.90 Å². The van der Waals surface area contributed by atoms with Crippen molar-refractivity contribution >= 4 is 48.6 Å². The Labute approximate surface area is 346 Å². The zero-order chi connectivity index (χ0) is 37.5. The molecule has 8 saturated carbocycles. The average Bonchev–Trinajstić information content (AvgIpc) is 3.86. The summed E-state index contributed by atoms with van der Waals surface area (Å²) >= 11 is 1.93. The van der Waals surface area contributed by atoms with Crippen molar-refractivity contribution in [1.82, 2.24) is 0 Å². The minimum atomic E-state index is 0.183. The molecule has 1 heterocycles. The third kappa shape index (κ3) is 3.87. The lowest BCUT2D eigenvalue weighted by molar-refractivity contribution is -0.0399. The van der Waals surface area contributed by atoms with Crippen LogP contribution in [0.4, 0.5) is 17.1 Å². The first-order valence-electron chi connectivity index (χ1n) is 22.8. The van der Waals surface area contributed by atoms with Gasteiger partial charge in [-0.3, -0.25) is 0 Å². The molecular weight excluding hydrogens is 719 g/mol. The van der Waals surface area contributed by atoms with Crippen LogP contribution >= 0.6 is 11.3 Å². The van der Waals surface area contributed by atoms with E-state index in [0.717, 1.165) is 47.3 Å². The highest BCUT2D eigenvalue weighted by molar-refractivity contribution is 7.25. The van der Waals surface area contributed by atoms with E-state index in [4.69, 9.17) is 0 Å². The topological polar surface area (TPSA) is 3.24 Å². The van der Waals surface area contributed by atoms with Crippen molar-refractivity contribution in [1.29, 1.82) is 0 Å². The number of anilines is 3. The summed E-state index contributed by atoms with van der Waals surface area (Å²) in [4.78, 5) is 2.62. The number of benzene rings is 6. The van der Waals surface area contributed by atoms with Crippen LogP contribution in [0.5, 0.6) is 0 Å². The zero-order valence-electron chi connectivity index (χ0n) is 33.2. The van der Waals surface area contributed by atoms with E-state index in [-0.39, 0.29) is 10.8 Å². The highest BCUT2D eigenvalue weighted by Gasteiger charge is 2.63. The molecule has 8 bridgehead atoms. The average molecular weight is 768 g/mol. The maximum absolute atomic E-state index is 2.62. The van der Waals surface area contributed by atoms with Gasteiger partial charge in [-0.15, -0.1) is 11.3 Å². The minimum Gasteiger partial charge on any atom is -0.310 e. The van der Waals surface area contributed by atoms with Crippen LogP contribution in [0.2, 0.25) is 0 Å². The van der Waals surface area contributed by atoms with E-state index in [1.54, 1.807) is 22.3 Å². The summed E-state index contributed by atoms with van der Waals surface area (Å²) in [7, 11) is 0. The normalized spacial score (nSPS) is 33.7. The Morgan fingerprint density at radius 3 is 1.31 bits per heavy atom. The van der Waals surface area contributed by atoms with Gasteiger partial charge in [0, 0.05) is 48.1 Å². The number of rotatable bonds is 3. The maximum atomic E-state index is 2.62. The Morgan fingerprint density at radius 1 is 0.362 bits per heavy atom. The highest BCUT2D eigenvalue weighted by Crippen LogP contribution is 2.71. The van der Waals surface area contributed by atoms with Crippen molar-refractivity contribution in [3.63, 3.8) is 0 Å². The lowest BCUT2D eigenvalue weighted by Crippen LogP contribution is -2.55. The van der Waals surface area contributed by atoms with Crippen molar-refractivity contribution in [2.45, 2.75) is 75.0 Å². The summed E-state index contributed by atoms with van der Waals surface area (Å²) in [5.41, 5.74) is 16.7. The largest absolute Gasteiger partial charge is 0.310 e. The first-order valence-corrected chi connectivity index (χ1v) is 23.7. The fourth-order valence-electron chi connectivity index (χ4n) is 16.9. The summed E-state index contributed by atoms with van der Waals surface area (Å²) in [5.74, 6) is 6.90. The molecule has 2 spiro atoms. The minimum absolute atomic E-state index is 0.183. The highest BCUT2D eigenvalue weighted by atomic mass is 32.1. The molecule has 10 aliphatic carbocycles. The number of fused-ring (bicyclic) bond motifs is 9. The molecule has 6 aromatic carbocycles. The fraction of sp³-hybridized carbons (Fsp3) is 0.357. The summed E-state index contributed by atoms with van der Waals surface area (Å²) < 4.78 is 2.73. The zero-order valence-corrected chi connectivity index (χ0v) is 34.0. The van der Waals surface area contributed by atoms with Crippen LogP contribution in [-0.2, 0) is 10.8 Å². The summed E-state index contributed by atoms with van der Waals surface area (Å²) in [6.45, 7) is 0. The van der Waals surface area contributed by atoms with E-state index in [1.165, 1.54) is 124 Å². The van der Waals surface area contributed by atoms with Gasteiger partial charge >= 0.3 is 0 Å². The van der Waals surface area contributed by atoms with Crippen LogP contribution in [0.3, 0.4) is 0 Å². The summed E-state index contributed by atoms with van der Waals surface area (Å²) in [6.07, 6.45) is 14.4. The van der Waals surface area contributed by atoms with Gasteiger partial charge in [0.2, 0.25) is 0 Å². The van der Waals surface area contributed by atoms with Crippen molar-refractivity contribution < 1.29 is 0 Å². The van der Waals surface area contributed by atoms with Gasteiger partial charge in [0.1, 0.15) is 0 Å². The number of thiophene rings is 1. The van der Waals surface area contributed by atoms with Crippen LogP contribution in [0.25, 0.3) is 42.4 Å². The quantitative estimate of drug-likeness (QED) is 0.173. The molecular formula is C56H49NS. The Morgan fingerprint density at radius 2 is 0.776 bits per heavy atom. The predicted molar refractivity (Wildman–Crippen MR) is 241 cm³/mol. The molecule has 8 fully saturated rings. The van der Waals surface area contributed by atoms with E-state index >= 15 is 0 Å². The molecule has 2 heteroatoms. The number of hydrogen-bond acceptors (Lipinski definition) is 2. The van der Waals surface area contributed by atoms with Crippen molar-refractivity contribution in [2.24, 2.45) is 47.3 Å². The summed E-state index contributed by atoms with van der Waals surface area (Å²) in [6, 6.07) is 51.0. The first-order chi connectivity index (χ1) is 28.6. The molecule has 7 aromatic rings. The Kier molecular flexibility index (Phi) is 6.18. The SMILES string of the molecule is c1ccc2c(c1)-c1cc(N(c3ccc4c(c3)-c3ccccc3C43C4CC5CC(C4)CC3C5)c3ccc4c(c3)sc3ccccc34)ccc1C21C2CC3CC(C2)CC1C3. The van der Waals surface area contributed by atoms with Gasteiger partial charge in [-0.2, -0.15) is 0 Å². The van der Waals surface area contributed by atoms with Gasteiger partial charge in [-0.05, 0) is 199 Å². The molecule has 10 aliphatic rings. The van der Waals surface area contributed by atoms with Crippen molar-refractivity contribution in [3.05, 3.63) is 150 Å². The van der Waals surface area contributed by atoms with Crippen molar-refractivity contribution in [3.8, 4) is 22.3 Å². The van der Waals surface area contributed by atoms with Gasteiger partial charge in [0.05, 0.1) is 0 Å². The van der Waals surface area contributed by atoms with Crippen LogP contribution in [0.1, 0.15) is 86.5 Å². The van der Waals surface area contributed by atoms with Gasteiger partial charge < -0.3 is 4.90 Å². The molecule has 1 nitrogen and oxygen atoms in total. The first kappa shape index (κ1) is 32.2. The van der Waals surface area contributed by atoms with Gasteiger partial charge in [0.15, 0.2) is 0 Å². The molecule has 0 N–H and O–H groups in total. The predicted octanol–water partition coefficient (Wildman–Crippen LogP) is 15.0. The number of nitrogens with zero attached hydrogens (tertiary/aromatic N) is 1. The molecule has 0 amide bonds. The molecule has 0 radical (unpaired) electrons. The Bertz CT molecular complexity index is 2710. The van der Waals surface area contributed by atoms with E-state index in [9.17, 15) is 0 Å². The van der Waals surface area contributed by atoms with E-state index < -0.39 is 0 Å². The molecule has 0 aliphatic heterocycles. The van der Waals surface area contributed by atoms with E-state index in [1.807, 2.05) is 11.3 Å². The van der Waals surface area contributed by atoms with Crippen molar-refractivity contribution in [2.75, 3.05) is 4.90 Å². The molecule has 0 saturated heterocycles.